The predicted molar refractivity (Wildman–Crippen MR) is 129 cm³/mol. The van der Waals surface area contributed by atoms with Crippen LogP contribution < -0.4 is 0 Å². The summed E-state index contributed by atoms with van der Waals surface area (Å²) in [6.45, 7) is 15.7. The van der Waals surface area contributed by atoms with E-state index in [0.717, 1.165) is 16.7 Å². The topological polar surface area (TPSA) is 44.8 Å². The Balaban J connectivity index is 2.52. The van der Waals surface area contributed by atoms with Gasteiger partial charge >= 0.3 is 5.97 Å². The average molecular weight is 427 g/mol. The van der Waals surface area contributed by atoms with Gasteiger partial charge in [0.1, 0.15) is 0 Å². The van der Waals surface area contributed by atoms with Crippen LogP contribution in [0.5, 0.6) is 0 Å². The van der Waals surface area contributed by atoms with Gasteiger partial charge in [-0.2, -0.15) is 0 Å². The molecule has 0 bridgehead atoms. The molecule has 170 valence electrons. The molecule has 1 rings (SSSR count). The summed E-state index contributed by atoms with van der Waals surface area (Å²) >= 11 is 0. The van der Waals surface area contributed by atoms with Crippen LogP contribution in [-0.2, 0) is 19.0 Å². The van der Waals surface area contributed by atoms with E-state index in [-0.39, 0.29) is 17.7 Å². The van der Waals surface area contributed by atoms with Gasteiger partial charge < -0.3 is 14.2 Å². The quantitative estimate of drug-likeness (QED) is 0.243. The van der Waals surface area contributed by atoms with Crippen LogP contribution in [-0.4, -0.2) is 32.1 Å². The highest BCUT2D eigenvalue weighted by Crippen LogP contribution is 2.25. The standard InChI is InChI=1S/C27H38O4/c1-8-29-25(28)23(4)17-11-15-21(2)13-9-10-14-22(3)16-12-18-24(5)26-30-19-27(6,7)20-31-26/h9-18,26H,8,19-20H2,1-7H3/b10-9+,15-11+,16-12+,21-13+,22-14+,23-17+,24-18-. The van der Waals surface area contributed by atoms with Crippen molar-refractivity contribution in [1.82, 2.24) is 0 Å². The fourth-order valence-electron chi connectivity index (χ4n) is 2.57. The predicted octanol–water partition coefficient (Wildman–Crippen LogP) is 6.40. The van der Waals surface area contributed by atoms with Gasteiger partial charge in [0.2, 0.25) is 0 Å². The SMILES string of the molecule is CCOC(=O)/C(C)=C/C=C/C(C)=C/C=C/C=C(C)/C=C/C=C(/C)C1OCC(C)(C)CO1. The Hall–Kier alpha value is -2.43. The van der Waals surface area contributed by atoms with E-state index in [9.17, 15) is 4.79 Å². The number of allylic oxidation sites excluding steroid dienone is 12. The molecular formula is C27H38O4. The van der Waals surface area contributed by atoms with Gasteiger partial charge in [-0.15, -0.1) is 0 Å². The Bertz CT molecular complexity index is 791. The monoisotopic (exact) mass is 426 g/mol. The third-order valence-electron chi connectivity index (χ3n) is 4.47. The van der Waals surface area contributed by atoms with Crippen molar-refractivity contribution < 1.29 is 19.0 Å². The molecule has 0 amide bonds. The molecule has 4 nitrogen and oxygen atoms in total. The van der Waals surface area contributed by atoms with Crippen LogP contribution in [0, 0.1) is 5.41 Å². The Morgan fingerprint density at radius 3 is 1.90 bits per heavy atom. The van der Waals surface area contributed by atoms with Crippen molar-refractivity contribution in [2.75, 3.05) is 19.8 Å². The van der Waals surface area contributed by atoms with Crippen molar-refractivity contribution in [2.24, 2.45) is 5.41 Å². The minimum atomic E-state index is -0.282. The second kappa shape index (κ2) is 13.8. The molecule has 0 radical (unpaired) electrons. The maximum absolute atomic E-state index is 11.5. The third kappa shape index (κ3) is 11.5. The number of carbonyl (C=O) groups excluding carboxylic acids is 1. The van der Waals surface area contributed by atoms with Crippen LogP contribution in [0.15, 0.2) is 83.1 Å². The van der Waals surface area contributed by atoms with Gasteiger partial charge in [0.15, 0.2) is 6.29 Å². The van der Waals surface area contributed by atoms with Crippen molar-refractivity contribution in [3.8, 4) is 0 Å². The van der Waals surface area contributed by atoms with Gasteiger partial charge in [0.05, 0.1) is 19.8 Å². The largest absolute Gasteiger partial charge is 0.463 e. The zero-order valence-electron chi connectivity index (χ0n) is 20.1. The molecule has 1 aliphatic rings. The summed E-state index contributed by atoms with van der Waals surface area (Å²) in [5, 5.41) is 0. The lowest BCUT2D eigenvalue weighted by Gasteiger charge is -2.34. The highest BCUT2D eigenvalue weighted by atomic mass is 16.7. The van der Waals surface area contributed by atoms with Crippen molar-refractivity contribution in [2.45, 2.75) is 54.8 Å². The highest BCUT2D eigenvalue weighted by molar-refractivity contribution is 5.88. The maximum Gasteiger partial charge on any atom is 0.333 e. The fraction of sp³-hybridized carbons (Fsp3) is 0.444. The van der Waals surface area contributed by atoms with Crippen LogP contribution in [0.1, 0.15) is 48.5 Å². The zero-order valence-corrected chi connectivity index (χ0v) is 20.1. The van der Waals surface area contributed by atoms with Crippen LogP contribution in [0.25, 0.3) is 0 Å². The summed E-state index contributed by atoms with van der Waals surface area (Å²) in [4.78, 5) is 11.5. The van der Waals surface area contributed by atoms with Gasteiger partial charge in [-0.05, 0) is 40.2 Å². The van der Waals surface area contributed by atoms with E-state index in [1.165, 1.54) is 0 Å². The van der Waals surface area contributed by atoms with Crippen molar-refractivity contribution in [1.29, 1.82) is 0 Å². The first-order valence-corrected chi connectivity index (χ1v) is 10.8. The fourth-order valence-corrected chi connectivity index (χ4v) is 2.57. The summed E-state index contributed by atoms with van der Waals surface area (Å²) < 4.78 is 16.5. The molecule has 31 heavy (non-hydrogen) atoms. The van der Waals surface area contributed by atoms with Crippen LogP contribution in [0.4, 0.5) is 0 Å². The molecule has 0 aromatic carbocycles. The molecule has 0 spiro atoms. The minimum absolute atomic E-state index is 0.0825. The lowest BCUT2D eigenvalue weighted by molar-refractivity contribution is -0.202. The Morgan fingerprint density at radius 2 is 1.39 bits per heavy atom. The van der Waals surface area contributed by atoms with E-state index in [0.29, 0.717) is 25.4 Å². The zero-order chi connectivity index (χ0) is 23.3. The number of hydrogen-bond acceptors (Lipinski definition) is 4. The van der Waals surface area contributed by atoms with Gasteiger partial charge in [0, 0.05) is 11.0 Å². The first kappa shape index (κ1) is 26.6. The number of ether oxygens (including phenoxy) is 3. The van der Waals surface area contributed by atoms with Crippen LogP contribution >= 0.6 is 0 Å². The summed E-state index contributed by atoms with van der Waals surface area (Å²) in [5.41, 5.74) is 3.95. The first-order valence-electron chi connectivity index (χ1n) is 10.8. The van der Waals surface area contributed by atoms with Gasteiger partial charge in [0.25, 0.3) is 0 Å². The van der Waals surface area contributed by atoms with E-state index in [2.05, 4.69) is 26.8 Å². The van der Waals surface area contributed by atoms with Crippen molar-refractivity contribution >= 4 is 5.97 Å². The smallest absolute Gasteiger partial charge is 0.333 e. The second-order valence-corrected chi connectivity index (χ2v) is 8.52. The molecule has 0 unspecified atom stereocenters. The molecule has 0 aromatic heterocycles. The lowest BCUT2D eigenvalue weighted by Crippen LogP contribution is -2.38. The number of hydrogen-bond donors (Lipinski definition) is 0. The molecule has 1 aliphatic heterocycles. The van der Waals surface area contributed by atoms with E-state index in [1.807, 2.05) is 62.5 Å². The molecule has 1 saturated heterocycles. The summed E-state index contributed by atoms with van der Waals surface area (Å²) in [7, 11) is 0. The van der Waals surface area contributed by atoms with Gasteiger partial charge in [-0.3, -0.25) is 0 Å². The number of rotatable bonds is 9. The molecule has 0 saturated carbocycles. The third-order valence-corrected chi connectivity index (χ3v) is 4.47. The average Bonchev–Trinajstić information content (AvgIpc) is 2.71. The highest BCUT2D eigenvalue weighted by Gasteiger charge is 2.28. The second-order valence-electron chi connectivity index (χ2n) is 8.52. The Kier molecular flexibility index (Phi) is 11.8. The minimum Gasteiger partial charge on any atom is -0.463 e. The van der Waals surface area contributed by atoms with Gasteiger partial charge in [-0.25, -0.2) is 4.79 Å². The summed E-state index contributed by atoms with van der Waals surface area (Å²) in [6, 6.07) is 0. The molecule has 4 heteroatoms. The molecule has 0 aliphatic carbocycles. The molecule has 0 aromatic rings. The van der Waals surface area contributed by atoms with Crippen LogP contribution in [0.2, 0.25) is 0 Å². The van der Waals surface area contributed by atoms with Crippen molar-refractivity contribution in [3.63, 3.8) is 0 Å². The van der Waals surface area contributed by atoms with Crippen LogP contribution in [0.3, 0.4) is 0 Å². The summed E-state index contributed by atoms with van der Waals surface area (Å²) in [6.07, 6.45) is 19.5. The van der Waals surface area contributed by atoms with E-state index >= 15 is 0 Å². The first-order chi connectivity index (χ1) is 14.6. The summed E-state index contributed by atoms with van der Waals surface area (Å²) in [5.74, 6) is -0.282. The molecule has 0 N–H and O–H groups in total. The molecule has 1 fully saturated rings. The lowest BCUT2D eigenvalue weighted by atomic mass is 9.95. The molecule has 0 atom stereocenters. The van der Waals surface area contributed by atoms with E-state index in [4.69, 9.17) is 14.2 Å². The molecular weight excluding hydrogens is 388 g/mol. The maximum atomic E-state index is 11.5. The van der Waals surface area contributed by atoms with Gasteiger partial charge in [-0.1, -0.05) is 85.8 Å². The van der Waals surface area contributed by atoms with E-state index < -0.39 is 0 Å². The van der Waals surface area contributed by atoms with E-state index in [1.54, 1.807) is 19.9 Å². The normalized spacial score (nSPS) is 19.7. The van der Waals surface area contributed by atoms with Crippen molar-refractivity contribution in [3.05, 3.63) is 83.1 Å². The Morgan fingerprint density at radius 1 is 0.871 bits per heavy atom. The number of carbonyl (C=O) groups is 1. The molecule has 1 heterocycles. The Labute approximate surface area is 188 Å². The number of esters is 1.